The van der Waals surface area contributed by atoms with Crippen molar-refractivity contribution in [3.8, 4) is 17.3 Å². The Balaban J connectivity index is 2.60. The number of nitrogens with one attached hydrogen (secondary N) is 2. The van der Waals surface area contributed by atoms with Gasteiger partial charge in [0, 0.05) is 12.2 Å². The topological polar surface area (TPSA) is 113 Å². The molecule has 0 aliphatic heterocycles. The molecule has 9 heteroatoms. The van der Waals surface area contributed by atoms with Crippen LogP contribution in [0.5, 0.6) is 0 Å². The number of hydrogen-bond acceptors (Lipinski definition) is 4. The van der Waals surface area contributed by atoms with Gasteiger partial charge in [0.15, 0.2) is 17.4 Å². The third-order valence-corrected chi connectivity index (χ3v) is 4.00. The summed E-state index contributed by atoms with van der Waals surface area (Å²) in [7, 11) is 1.74. The molecule has 0 aliphatic rings. The van der Waals surface area contributed by atoms with E-state index in [1.54, 1.807) is 24.5 Å². The first kappa shape index (κ1) is 19.7. The summed E-state index contributed by atoms with van der Waals surface area (Å²) >= 11 is 0. The molecular formula is C17H20F3N5O+2. The number of alkyl halides is 3. The van der Waals surface area contributed by atoms with Crippen molar-refractivity contribution in [1.29, 1.82) is 5.26 Å². The normalized spacial score (nSPS) is 11.3. The van der Waals surface area contributed by atoms with Gasteiger partial charge in [0.05, 0.1) is 18.7 Å². The molecule has 0 radical (unpaired) electrons. The Morgan fingerprint density at radius 3 is 2.62 bits per heavy atom. The number of aromatic nitrogens is 1. The molecule has 0 saturated heterocycles. The molecule has 2 rings (SSSR count). The number of nitrogen functional groups attached to an aromatic ring is 1. The number of nitriles is 1. The minimum Gasteiger partial charge on any atom is -0.396 e. The number of aliphatic hydroxyl groups is 1. The monoisotopic (exact) mass is 367 g/mol. The largest absolute Gasteiger partial charge is 0.416 e. The van der Waals surface area contributed by atoms with E-state index >= 15 is 0 Å². The van der Waals surface area contributed by atoms with E-state index in [-0.39, 0.29) is 30.7 Å². The number of aryl methyl sites for hydroxylation is 1. The maximum absolute atomic E-state index is 13.4. The number of nitrogens with zero attached hydrogens (tertiary/aromatic N) is 1. The summed E-state index contributed by atoms with van der Waals surface area (Å²) in [5.74, 6) is 5.43. The number of rotatable bonds is 6. The molecule has 0 unspecified atom stereocenters. The van der Waals surface area contributed by atoms with Gasteiger partial charge in [-0.25, -0.2) is 0 Å². The molecule has 0 fully saturated rings. The van der Waals surface area contributed by atoms with Crippen molar-refractivity contribution < 1.29 is 28.6 Å². The summed E-state index contributed by atoms with van der Waals surface area (Å²) in [5, 5.41) is 19.9. The van der Waals surface area contributed by atoms with Gasteiger partial charge < -0.3 is 15.8 Å². The lowest BCUT2D eigenvalue weighted by Gasteiger charge is -2.14. The van der Waals surface area contributed by atoms with E-state index in [0.717, 1.165) is 6.07 Å². The van der Waals surface area contributed by atoms with Crippen LogP contribution >= 0.6 is 0 Å². The van der Waals surface area contributed by atoms with E-state index < -0.39 is 11.7 Å². The minimum absolute atomic E-state index is 0.121. The number of pyridine rings is 1. The quantitative estimate of drug-likeness (QED) is 0.452. The molecular weight excluding hydrogens is 347 g/mol. The molecule has 0 aliphatic carbocycles. The lowest BCUT2D eigenvalue weighted by atomic mass is 9.98. The summed E-state index contributed by atoms with van der Waals surface area (Å²) < 4.78 is 40.3. The number of quaternary nitrogens is 1. The summed E-state index contributed by atoms with van der Waals surface area (Å²) in [6.45, 7) is -0.179. The Bertz CT molecular complexity index is 830. The summed E-state index contributed by atoms with van der Waals surface area (Å²) in [4.78, 5) is 2.81. The molecule has 0 saturated carbocycles. The highest BCUT2D eigenvalue weighted by Gasteiger charge is 2.34. The molecule has 1 aromatic carbocycles. The van der Waals surface area contributed by atoms with Gasteiger partial charge >= 0.3 is 11.9 Å². The van der Waals surface area contributed by atoms with Crippen LogP contribution in [0.15, 0.2) is 24.3 Å². The van der Waals surface area contributed by atoms with E-state index in [0.29, 0.717) is 22.6 Å². The van der Waals surface area contributed by atoms with Crippen LogP contribution in [0.4, 0.5) is 24.5 Å². The molecule has 7 N–H and O–H groups in total. The number of H-pyrrole nitrogens is 1. The molecule has 0 amide bonds. The second kappa shape index (κ2) is 8.14. The van der Waals surface area contributed by atoms with E-state index in [2.05, 4.69) is 10.4 Å². The SMILES string of the molecule is C[NH2+]c1cc(-c2ccc(CCCO)c(C(F)(F)F)c2)[nH+]c(C#N)c1NN. The van der Waals surface area contributed by atoms with Gasteiger partial charge in [0.25, 0.3) is 0 Å². The lowest BCUT2D eigenvalue weighted by molar-refractivity contribution is -0.539. The van der Waals surface area contributed by atoms with Crippen molar-refractivity contribution in [3.05, 3.63) is 41.1 Å². The summed E-state index contributed by atoms with van der Waals surface area (Å²) in [6.07, 6.45) is -4.14. The molecule has 0 atom stereocenters. The number of hydrogen-bond donors (Lipinski definition) is 4. The Morgan fingerprint density at radius 2 is 2.08 bits per heavy atom. The minimum atomic E-state index is -4.52. The Labute approximate surface area is 148 Å². The fraction of sp³-hybridized carbons (Fsp3) is 0.294. The number of aromatic amines is 1. The maximum Gasteiger partial charge on any atom is 0.416 e. The number of nitrogens with two attached hydrogens (primary N) is 2. The zero-order chi connectivity index (χ0) is 19.3. The molecule has 0 spiro atoms. The van der Waals surface area contributed by atoms with Crippen LogP contribution in [0, 0.1) is 11.3 Å². The van der Waals surface area contributed by atoms with Crippen LogP contribution in [0.3, 0.4) is 0 Å². The number of halogens is 3. The number of hydrazine groups is 1. The lowest BCUT2D eigenvalue weighted by Crippen LogP contribution is -2.73. The van der Waals surface area contributed by atoms with E-state index in [1.807, 2.05) is 6.07 Å². The Hall–Kier alpha value is -2.67. The second-order valence-electron chi connectivity index (χ2n) is 5.63. The van der Waals surface area contributed by atoms with Gasteiger partial charge in [-0.05, 0) is 30.5 Å². The molecule has 26 heavy (non-hydrogen) atoms. The molecule has 1 heterocycles. The van der Waals surface area contributed by atoms with Crippen LogP contribution in [-0.2, 0) is 12.6 Å². The zero-order valence-electron chi connectivity index (χ0n) is 14.1. The second-order valence-corrected chi connectivity index (χ2v) is 5.63. The molecule has 1 aromatic heterocycles. The first-order valence-corrected chi connectivity index (χ1v) is 7.93. The average Bonchev–Trinajstić information content (AvgIpc) is 2.64. The third-order valence-electron chi connectivity index (χ3n) is 4.00. The van der Waals surface area contributed by atoms with Crippen LogP contribution in [0.25, 0.3) is 11.3 Å². The van der Waals surface area contributed by atoms with Gasteiger partial charge in [-0.1, -0.05) is 6.07 Å². The number of anilines is 1. The fourth-order valence-electron chi connectivity index (χ4n) is 2.72. The summed E-state index contributed by atoms with van der Waals surface area (Å²) in [6, 6.07) is 7.58. The van der Waals surface area contributed by atoms with Crippen LogP contribution in [0.1, 0.15) is 23.2 Å². The fourth-order valence-corrected chi connectivity index (χ4v) is 2.72. The van der Waals surface area contributed by atoms with Crippen LogP contribution in [-0.4, -0.2) is 18.8 Å². The Morgan fingerprint density at radius 1 is 1.35 bits per heavy atom. The highest BCUT2D eigenvalue weighted by Crippen LogP contribution is 2.35. The Kier molecular flexibility index (Phi) is 6.15. The molecule has 0 bridgehead atoms. The highest BCUT2D eigenvalue weighted by atomic mass is 19.4. The first-order chi connectivity index (χ1) is 12.3. The van der Waals surface area contributed by atoms with Crippen LogP contribution < -0.4 is 21.6 Å². The summed E-state index contributed by atoms with van der Waals surface area (Å²) in [5.41, 5.74) is 3.55. The van der Waals surface area contributed by atoms with Crippen LogP contribution in [0.2, 0.25) is 0 Å². The third kappa shape index (κ3) is 4.11. The van der Waals surface area contributed by atoms with Crippen molar-refractivity contribution in [2.75, 3.05) is 19.1 Å². The smallest absolute Gasteiger partial charge is 0.396 e. The van der Waals surface area contributed by atoms with Gasteiger partial charge in [-0.3, -0.25) is 5.84 Å². The predicted octanol–water partition coefficient (Wildman–Crippen LogP) is 1.09. The van der Waals surface area contributed by atoms with Crippen molar-refractivity contribution in [2.24, 2.45) is 5.84 Å². The van der Waals surface area contributed by atoms with Gasteiger partial charge in [0.1, 0.15) is 0 Å². The number of aliphatic hydroxyl groups excluding tert-OH is 1. The molecule has 6 nitrogen and oxygen atoms in total. The zero-order valence-corrected chi connectivity index (χ0v) is 14.1. The van der Waals surface area contributed by atoms with Gasteiger partial charge in [0.2, 0.25) is 5.69 Å². The standard InChI is InChI=1S/C17H18F3N5O/c1-23-14-8-13(24-15(9-21)16(14)25-22)11-5-4-10(3-2-6-26)12(7-11)17(18,19)20/h4-5,7-8,25-26H,2-3,6,22H2,1H3,(H,23,24)/p+2. The van der Waals surface area contributed by atoms with Crippen molar-refractivity contribution in [1.82, 2.24) is 0 Å². The predicted molar refractivity (Wildman–Crippen MR) is 88.9 cm³/mol. The highest BCUT2D eigenvalue weighted by molar-refractivity contribution is 5.71. The number of benzene rings is 1. The van der Waals surface area contributed by atoms with E-state index in [1.165, 1.54) is 6.07 Å². The van der Waals surface area contributed by atoms with Crippen molar-refractivity contribution in [2.45, 2.75) is 19.0 Å². The van der Waals surface area contributed by atoms with E-state index in [4.69, 9.17) is 10.9 Å². The molecule has 2 aromatic rings. The molecule has 138 valence electrons. The van der Waals surface area contributed by atoms with Crippen molar-refractivity contribution in [3.63, 3.8) is 0 Å². The van der Waals surface area contributed by atoms with Gasteiger partial charge in [-0.2, -0.15) is 23.4 Å². The van der Waals surface area contributed by atoms with Gasteiger partial charge in [-0.15, -0.1) is 0 Å². The van der Waals surface area contributed by atoms with Crippen molar-refractivity contribution >= 4 is 11.4 Å². The van der Waals surface area contributed by atoms with E-state index in [9.17, 15) is 18.4 Å². The first-order valence-electron chi connectivity index (χ1n) is 7.93. The maximum atomic E-state index is 13.4. The average molecular weight is 367 g/mol.